The van der Waals surface area contributed by atoms with Crippen LogP contribution in [0.4, 0.5) is 4.39 Å². The fraction of sp³-hybridized carbons (Fsp3) is 1.00. The normalized spacial score (nSPS) is 35.2. The Kier molecular flexibility index (Phi) is 3.27. The molecular weight excluding hydrogens is 145 g/mol. The number of piperidine rings is 1. The molecule has 1 aliphatic rings. The van der Waals surface area contributed by atoms with E-state index in [1.807, 2.05) is 0 Å². The molecule has 0 bridgehead atoms. The lowest BCUT2D eigenvalue weighted by Gasteiger charge is -2.28. The van der Waals surface area contributed by atoms with Crippen molar-refractivity contribution >= 4 is 0 Å². The van der Waals surface area contributed by atoms with E-state index >= 15 is 0 Å². The first kappa shape index (κ1) is 8.94. The van der Waals surface area contributed by atoms with Crippen molar-refractivity contribution in [2.24, 2.45) is 5.92 Å². The number of hydrogen-bond acceptors (Lipinski definition) is 2. The van der Waals surface area contributed by atoms with Gasteiger partial charge in [-0.05, 0) is 26.3 Å². The number of nitrogens with one attached hydrogen (secondary N) is 1. The second-order valence-corrected chi connectivity index (χ2v) is 3.34. The number of alkyl halides is 1. The van der Waals surface area contributed by atoms with E-state index in [1.54, 1.807) is 6.92 Å². The standard InChI is InChI=1S/C8H16FNO/c1-6(9)4-7-5-10-3-2-8(7)11/h6-8,10-11H,2-5H2,1H3. The van der Waals surface area contributed by atoms with Crippen LogP contribution in [-0.2, 0) is 0 Å². The van der Waals surface area contributed by atoms with Crippen LogP contribution in [-0.4, -0.2) is 30.5 Å². The van der Waals surface area contributed by atoms with Gasteiger partial charge in [-0.3, -0.25) is 0 Å². The highest BCUT2D eigenvalue weighted by atomic mass is 19.1. The Balaban J connectivity index is 2.29. The second-order valence-electron chi connectivity index (χ2n) is 3.34. The Morgan fingerprint density at radius 3 is 3.00 bits per heavy atom. The molecule has 0 amide bonds. The summed E-state index contributed by atoms with van der Waals surface area (Å²) in [4.78, 5) is 0. The zero-order valence-electron chi connectivity index (χ0n) is 6.89. The maximum atomic E-state index is 12.5. The molecular formula is C8H16FNO. The van der Waals surface area contributed by atoms with Gasteiger partial charge in [0.15, 0.2) is 0 Å². The molecule has 1 saturated heterocycles. The van der Waals surface area contributed by atoms with Crippen molar-refractivity contribution in [3.8, 4) is 0 Å². The maximum Gasteiger partial charge on any atom is 0.0977 e. The molecule has 0 aromatic carbocycles. The predicted octanol–water partition coefficient (Wildman–Crippen LogP) is 0.705. The minimum Gasteiger partial charge on any atom is -0.393 e. The molecule has 0 aliphatic carbocycles. The Morgan fingerprint density at radius 2 is 2.45 bits per heavy atom. The number of aliphatic hydroxyl groups excluding tert-OH is 1. The van der Waals surface area contributed by atoms with E-state index in [2.05, 4.69) is 5.32 Å². The highest BCUT2D eigenvalue weighted by Crippen LogP contribution is 2.17. The molecule has 2 nitrogen and oxygen atoms in total. The van der Waals surface area contributed by atoms with E-state index in [9.17, 15) is 9.50 Å². The Labute approximate surface area is 66.8 Å². The summed E-state index contributed by atoms with van der Waals surface area (Å²) in [5.41, 5.74) is 0. The van der Waals surface area contributed by atoms with Gasteiger partial charge in [-0.25, -0.2) is 4.39 Å². The van der Waals surface area contributed by atoms with Gasteiger partial charge in [0.2, 0.25) is 0 Å². The van der Waals surface area contributed by atoms with Crippen LogP contribution in [0.5, 0.6) is 0 Å². The van der Waals surface area contributed by atoms with E-state index in [0.29, 0.717) is 6.42 Å². The van der Waals surface area contributed by atoms with E-state index in [4.69, 9.17) is 0 Å². The van der Waals surface area contributed by atoms with Crippen LogP contribution in [0.3, 0.4) is 0 Å². The molecule has 3 heteroatoms. The van der Waals surface area contributed by atoms with Gasteiger partial charge < -0.3 is 10.4 Å². The Morgan fingerprint density at radius 1 is 1.73 bits per heavy atom. The zero-order chi connectivity index (χ0) is 8.27. The van der Waals surface area contributed by atoms with Gasteiger partial charge in [0.25, 0.3) is 0 Å². The molecule has 0 saturated carbocycles. The van der Waals surface area contributed by atoms with Gasteiger partial charge >= 0.3 is 0 Å². The quantitative estimate of drug-likeness (QED) is 0.625. The molecule has 1 rings (SSSR count). The van der Waals surface area contributed by atoms with E-state index < -0.39 is 6.17 Å². The number of aliphatic hydroxyl groups is 1. The summed E-state index contributed by atoms with van der Waals surface area (Å²) < 4.78 is 12.5. The molecule has 1 heterocycles. The van der Waals surface area contributed by atoms with Crippen LogP contribution in [0, 0.1) is 5.92 Å². The lowest BCUT2D eigenvalue weighted by Crippen LogP contribution is -2.40. The lowest BCUT2D eigenvalue weighted by molar-refractivity contribution is 0.0619. The summed E-state index contributed by atoms with van der Waals surface area (Å²) in [5, 5.41) is 12.6. The fourth-order valence-corrected chi connectivity index (χ4v) is 1.57. The predicted molar refractivity (Wildman–Crippen MR) is 42.2 cm³/mol. The van der Waals surface area contributed by atoms with E-state index in [-0.39, 0.29) is 12.0 Å². The SMILES string of the molecule is CC(F)CC1CNCCC1O. The van der Waals surface area contributed by atoms with Crippen molar-refractivity contribution in [3.05, 3.63) is 0 Å². The Hall–Kier alpha value is -0.150. The van der Waals surface area contributed by atoms with E-state index in [1.165, 1.54) is 0 Å². The van der Waals surface area contributed by atoms with Crippen LogP contribution < -0.4 is 5.32 Å². The highest BCUT2D eigenvalue weighted by molar-refractivity contribution is 4.78. The highest BCUT2D eigenvalue weighted by Gasteiger charge is 2.23. The molecule has 0 radical (unpaired) electrons. The molecule has 2 N–H and O–H groups in total. The smallest absolute Gasteiger partial charge is 0.0977 e. The molecule has 66 valence electrons. The van der Waals surface area contributed by atoms with Crippen molar-refractivity contribution in [1.82, 2.24) is 5.32 Å². The molecule has 3 unspecified atom stereocenters. The van der Waals surface area contributed by atoms with Crippen molar-refractivity contribution in [2.45, 2.75) is 32.0 Å². The van der Waals surface area contributed by atoms with Crippen LogP contribution in [0.25, 0.3) is 0 Å². The first-order valence-electron chi connectivity index (χ1n) is 4.23. The minimum absolute atomic E-state index is 0.115. The van der Waals surface area contributed by atoms with Gasteiger partial charge in [-0.15, -0.1) is 0 Å². The molecule has 0 aromatic rings. The Bertz CT molecular complexity index is 119. The van der Waals surface area contributed by atoms with Crippen LogP contribution >= 0.6 is 0 Å². The van der Waals surface area contributed by atoms with Crippen molar-refractivity contribution < 1.29 is 9.50 Å². The number of rotatable bonds is 2. The van der Waals surface area contributed by atoms with Gasteiger partial charge in [-0.2, -0.15) is 0 Å². The zero-order valence-corrected chi connectivity index (χ0v) is 6.89. The van der Waals surface area contributed by atoms with Gasteiger partial charge in [-0.1, -0.05) is 0 Å². The summed E-state index contributed by atoms with van der Waals surface area (Å²) in [6.45, 7) is 3.16. The monoisotopic (exact) mass is 161 g/mol. The van der Waals surface area contributed by atoms with Gasteiger partial charge in [0, 0.05) is 12.5 Å². The van der Waals surface area contributed by atoms with E-state index in [0.717, 1.165) is 19.5 Å². The summed E-state index contributed by atoms with van der Waals surface area (Å²) in [5.74, 6) is 0.115. The second kappa shape index (κ2) is 4.02. The lowest BCUT2D eigenvalue weighted by atomic mass is 9.91. The largest absolute Gasteiger partial charge is 0.393 e. The average molecular weight is 161 g/mol. The van der Waals surface area contributed by atoms with Crippen LogP contribution in [0.2, 0.25) is 0 Å². The maximum absolute atomic E-state index is 12.5. The van der Waals surface area contributed by atoms with Crippen LogP contribution in [0.15, 0.2) is 0 Å². The molecule has 0 spiro atoms. The molecule has 0 aromatic heterocycles. The third-order valence-electron chi connectivity index (χ3n) is 2.20. The molecule has 1 aliphatic heterocycles. The molecule has 11 heavy (non-hydrogen) atoms. The third kappa shape index (κ3) is 2.75. The van der Waals surface area contributed by atoms with Crippen molar-refractivity contribution in [1.29, 1.82) is 0 Å². The van der Waals surface area contributed by atoms with Crippen LogP contribution in [0.1, 0.15) is 19.8 Å². The van der Waals surface area contributed by atoms with Gasteiger partial charge in [0.1, 0.15) is 0 Å². The summed E-state index contributed by atoms with van der Waals surface area (Å²) in [7, 11) is 0. The minimum atomic E-state index is -0.797. The first-order valence-corrected chi connectivity index (χ1v) is 4.23. The summed E-state index contributed by atoms with van der Waals surface area (Å²) in [6, 6.07) is 0. The van der Waals surface area contributed by atoms with Crippen molar-refractivity contribution in [3.63, 3.8) is 0 Å². The molecule has 1 fully saturated rings. The van der Waals surface area contributed by atoms with Crippen molar-refractivity contribution in [2.75, 3.05) is 13.1 Å². The summed E-state index contributed by atoms with van der Waals surface area (Å²) in [6.07, 6.45) is 0.148. The first-order chi connectivity index (χ1) is 5.20. The average Bonchev–Trinajstić information content (AvgIpc) is 1.93. The number of hydrogen-bond donors (Lipinski definition) is 2. The molecule has 3 atom stereocenters. The fourth-order valence-electron chi connectivity index (χ4n) is 1.57. The number of halogens is 1. The van der Waals surface area contributed by atoms with Gasteiger partial charge in [0.05, 0.1) is 12.3 Å². The third-order valence-corrected chi connectivity index (χ3v) is 2.20. The summed E-state index contributed by atoms with van der Waals surface area (Å²) >= 11 is 0. The topological polar surface area (TPSA) is 32.3 Å².